The third kappa shape index (κ3) is 1.45. The number of fused-ring (bicyclic) bond motifs is 7. The topological polar surface area (TPSA) is 0 Å². The van der Waals surface area contributed by atoms with Gasteiger partial charge in [0.1, 0.15) is 0 Å². The van der Waals surface area contributed by atoms with Gasteiger partial charge in [-0.2, -0.15) is 0 Å². The summed E-state index contributed by atoms with van der Waals surface area (Å²) in [5, 5.41) is 6.17. The van der Waals surface area contributed by atoms with Crippen LogP contribution in [0.4, 0.5) is 0 Å². The van der Waals surface area contributed by atoms with E-state index < -0.39 is 0 Å². The number of hydrogen-bond acceptors (Lipinski definition) is 1. The zero-order chi connectivity index (χ0) is 15.8. The minimum Gasteiger partial charge on any atom is -0.134 e. The highest BCUT2D eigenvalue weighted by molar-refractivity contribution is 7.26. The van der Waals surface area contributed by atoms with Crippen LogP contribution in [0.25, 0.3) is 53.2 Å². The van der Waals surface area contributed by atoms with Gasteiger partial charge >= 0.3 is 0 Å². The lowest BCUT2D eigenvalue weighted by Crippen LogP contribution is -1.77. The highest BCUT2D eigenvalue weighted by atomic mass is 35.5. The molecule has 0 aliphatic heterocycles. The molecule has 1 aliphatic carbocycles. The second kappa shape index (κ2) is 4.38. The average molecular weight is 343 g/mol. The zero-order valence-corrected chi connectivity index (χ0v) is 14.2. The molecule has 5 aromatic rings. The molecule has 0 spiro atoms. The molecule has 1 aliphatic rings. The maximum absolute atomic E-state index is 6.46. The third-order valence-corrected chi connectivity index (χ3v) is 6.69. The summed E-state index contributed by atoms with van der Waals surface area (Å²) in [4.78, 5) is 0. The van der Waals surface area contributed by atoms with Gasteiger partial charge in [0.25, 0.3) is 0 Å². The van der Waals surface area contributed by atoms with E-state index in [0.717, 1.165) is 5.02 Å². The van der Waals surface area contributed by atoms with Crippen LogP contribution in [0.5, 0.6) is 0 Å². The normalized spacial score (nSPS) is 12.4. The standard InChI is InChI=1S/C22H11ClS/c23-18-10-4-9-16-21-15-8-3-7-14-12-5-1-2-6-13(12)17(20(14)15)11-19(21)24-22(16)18/h1-11H. The average Bonchev–Trinajstić information content (AvgIpc) is 3.15. The lowest BCUT2D eigenvalue weighted by Gasteiger charge is -2.05. The predicted octanol–water partition coefficient (Wildman–Crippen LogP) is 7.51. The molecular formula is C22H11ClS. The molecule has 0 N–H and O–H groups in total. The molecule has 0 amide bonds. The van der Waals surface area contributed by atoms with Gasteiger partial charge in [-0.25, -0.2) is 0 Å². The van der Waals surface area contributed by atoms with Crippen LogP contribution >= 0.6 is 22.9 Å². The minimum atomic E-state index is 0.844. The molecule has 1 heterocycles. The van der Waals surface area contributed by atoms with Crippen LogP contribution in [0.15, 0.2) is 66.7 Å². The largest absolute Gasteiger partial charge is 0.134 e. The molecule has 112 valence electrons. The lowest BCUT2D eigenvalue weighted by molar-refractivity contribution is 1.70. The second-order valence-corrected chi connectivity index (χ2v) is 7.75. The highest BCUT2D eigenvalue weighted by Gasteiger charge is 2.23. The molecule has 0 radical (unpaired) electrons. The predicted molar refractivity (Wildman–Crippen MR) is 106 cm³/mol. The summed E-state index contributed by atoms with van der Waals surface area (Å²) < 4.78 is 2.50. The second-order valence-electron chi connectivity index (χ2n) is 6.29. The van der Waals surface area contributed by atoms with Crippen molar-refractivity contribution in [3.8, 4) is 22.3 Å². The van der Waals surface area contributed by atoms with Crippen molar-refractivity contribution in [2.75, 3.05) is 0 Å². The number of halogens is 1. The van der Waals surface area contributed by atoms with Crippen molar-refractivity contribution in [1.82, 2.24) is 0 Å². The fourth-order valence-electron chi connectivity index (χ4n) is 4.13. The van der Waals surface area contributed by atoms with Gasteiger partial charge in [-0.15, -0.1) is 11.3 Å². The Balaban J connectivity index is 1.93. The van der Waals surface area contributed by atoms with Gasteiger partial charge < -0.3 is 0 Å². The molecule has 0 nitrogen and oxygen atoms in total. The molecule has 0 atom stereocenters. The lowest BCUT2D eigenvalue weighted by atomic mass is 9.98. The van der Waals surface area contributed by atoms with Crippen molar-refractivity contribution in [3.63, 3.8) is 0 Å². The summed E-state index contributed by atoms with van der Waals surface area (Å²) in [7, 11) is 0. The van der Waals surface area contributed by atoms with Crippen LogP contribution in [0.3, 0.4) is 0 Å². The first-order valence-electron chi connectivity index (χ1n) is 7.99. The van der Waals surface area contributed by atoms with E-state index in [9.17, 15) is 0 Å². The zero-order valence-electron chi connectivity index (χ0n) is 12.6. The van der Waals surface area contributed by atoms with Gasteiger partial charge in [0, 0.05) is 15.5 Å². The molecular weight excluding hydrogens is 332 g/mol. The molecule has 1 aromatic heterocycles. The summed E-state index contributed by atoms with van der Waals surface area (Å²) in [6.45, 7) is 0. The van der Waals surface area contributed by atoms with Gasteiger partial charge in [0.2, 0.25) is 0 Å². The van der Waals surface area contributed by atoms with Crippen LogP contribution in [-0.4, -0.2) is 0 Å². The summed E-state index contributed by atoms with van der Waals surface area (Å²) >= 11 is 8.25. The Hall–Kier alpha value is -2.35. The van der Waals surface area contributed by atoms with Crippen LogP contribution in [0.1, 0.15) is 0 Å². The molecule has 2 heteroatoms. The smallest absolute Gasteiger partial charge is 0.0584 e. The maximum Gasteiger partial charge on any atom is 0.0584 e. The fourth-order valence-corrected chi connectivity index (χ4v) is 5.58. The molecule has 24 heavy (non-hydrogen) atoms. The van der Waals surface area contributed by atoms with E-state index in [1.54, 1.807) is 11.3 Å². The van der Waals surface area contributed by atoms with Gasteiger partial charge in [-0.3, -0.25) is 0 Å². The molecule has 0 saturated heterocycles. The fraction of sp³-hybridized carbons (Fsp3) is 0. The Morgan fingerprint density at radius 2 is 1.33 bits per heavy atom. The first kappa shape index (κ1) is 13.0. The van der Waals surface area contributed by atoms with Crippen LogP contribution in [0.2, 0.25) is 5.02 Å². The van der Waals surface area contributed by atoms with Crippen molar-refractivity contribution in [2.24, 2.45) is 0 Å². The molecule has 0 fully saturated rings. The van der Waals surface area contributed by atoms with Crippen molar-refractivity contribution in [2.45, 2.75) is 0 Å². The van der Waals surface area contributed by atoms with Gasteiger partial charge in [-0.05, 0) is 45.2 Å². The highest BCUT2D eigenvalue weighted by Crippen LogP contribution is 2.52. The van der Waals surface area contributed by atoms with Crippen molar-refractivity contribution < 1.29 is 0 Å². The first-order chi connectivity index (χ1) is 11.8. The van der Waals surface area contributed by atoms with E-state index in [2.05, 4.69) is 60.7 Å². The number of hydrogen-bond donors (Lipinski definition) is 0. The number of rotatable bonds is 0. The van der Waals surface area contributed by atoms with E-state index in [4.69, 9.17) is 11.6 Å². The first-order valence-corrected chi connectivity index (χ1v) is 9.18. The van der Waals surface area contributed by atoms with E-state index in [1.807, 2.05) is 6.07 Å². The summed E-state index contributed by atoms with van der Waals surface area (Å²) in [6.07, 6.45) is 0. The minimum absolute atomic E-state index is 0.844. The van der Waals surface area contributed by atoms with E-state index in [0.29, 0.717) is 0 Å². The van der Waals surface area contributed by atoms with Crippen LogP contribution in [-0.2, 0) is 0 Å². The Bertz CT molecular complexity index is 1310. The molecule has 0 bridgehead atoms. The number of benzene rings is 4. The third-order valence-electron chi connectivity index (χ3n) is 5.08. The van der Waals surface area contributed by atoms with E-state index in [1.165, 1.54) is 53.2 Å². The Labute approximate surface area is 147 Å². The molecule has 0 saturated carbocycles. The SMILES string of the molecule is Clc1cccc2c1sc1cc3c4c(cccc4c12)-c1ccccc1-3. The summed E-state index contributed by atoms with van der Waals surface area (Å²) in [5.74, 6) is 0. The van der Waals surface area contributed by atoms with Crippen molar-refractivity contribution in [1.29, 1.82) is 0 Å². The Morgan fingerprint density at radius 1 is 0.625 bits per heavy atom. The summed E-state index contributed by atoms with van der Waals surface area (Å²) in [5.41, 5.74) is 5.39. The molecule has 6 rings (SSSR count). The maximum atomic E-state index is 6.46. The van der Waals surface area contributed by atoms with Crippen molar-refractivity contribution in [3.05, 3.63) is 71.8 Å². The van der Waals surface area contributed by atoms with Gasteiger partial charge in [0.15, 0.2) is 0 Å². The molecule has 0 unspecified atom stereocenters. The monoisotopic (exact) mass is 342 g/mol. The Kier molecular flexibility index (Phi) is 2.37. The van der Waals surface area contributed by atoms with Crippen LogP contribution in [0, 0.1) is 0 Å². The molecule has 4 aromatic carbocycles. The Morgan fingerprint density at radius 3 is 2.21 bits per heavy atom. The van der Waals surface area contributed by atoms with Crippen molar-refractivity contribution >= 4 is 53.9 Å². The van der Waals surface area contributed by atoms with Crippen LogP contribution < -0.4 is 0 Å². The summed E-state index contributed by atoms with van der Waals surface area (Å²) in [6, 6.07) is 24.0. The number of thiophene rings is 1. The quantitative estimate of drug-likeness (QED) is 0.268. The van der Waals surface area contributed by atoms with E-state index in [-0.39, 0.29) is 0 Å². The van der Waals surface area contributed by atoms with Gasteiger partial charge in [-0.1, -0.05) is 66.2 Å². The van der Waals surface area contributed by atoms with E-state index >= 15 is 0 Å². The van der Waals surface area contributed by atoms with Gasteiger partial charge in [0.05, 0.1) is 9.72 Å².